The Morgan fingerprint density at radius 3 is 2.76 bits per heavy atom. The van der Waals surface area contributed by atoms with Crippen LogP contribution in [-0.2, 0) is 0 Å². The van der Waals surface area contributed by atoms with E-state index in [1.807, 2.05) is 32.0 Å². The Kier molecular flexibility index (Phi) is 3.48. The summed E-state index contributed by atoms with van der Waals surface area (Å²) in [6.07, 6.45) is 0. The highest BCUT2D eigenvalue weighted by Gasteiger charge is 2.25. The fourth-order valence-corrected chi connectivity index (χ4v) is 2.23. The van der Waals surface area contributed by atoms with Crippen LogP contribution in [0.4, 0.5) is 0 Å². The molecule has 2 N–H and O–H groups in total. The first kappa shape index (κ1) is 12.1. The molecule has 2 rings (SSSR count). The van der Waals surface area contributed by atoms with Crippen molar-refractivity contribution in [1.29, 1.82) is 0 Å². The zero-order valence-corrected chi connectivity index (χ0v) is 10.7. The molecule has 17 heavy (non-hydrogen) atoms. The maximum absolute atomic E-state index is 12.2. The van der Waals surface area contributed by atoms with Gasteiger partial charge in [0.1, 0.15) is 0 Å². The van der Waals surface area contributed by atoms with Gasteiger partial charge in [0.15, 0.2) is 0 Å². The molecule has 0 bridgehead atoms. The van der Waals surface area contributed by atoms with Crippen LogP contribution in [0, 0.1) is 19.8 Å². The molecule has 1 saturated heterocycles. The second-order valence-corrected chi connectivity index (χ2v) is 5.03. The van der Waals surface area contributed by atoms with Gasteiger partial charge in [-0.2, -0.15) is 0 Å². The van der Waals surface area contributed by atoms with Crippen molar-refractivity contribution in [2.75, 3.05) is 13.1 Å². The van der Waals surface area contributed by atoms with Gasteiger partial charge in [-0.15, -0.1) is 0 Å². The van der Waals surface area contributed by atoms with Crippen LogP contribution in [0.3, 0.4) is 0 Å². The Labute approximate surface area is 103 Å². The van der Waals surface area contributed by atoms with Gasteiger partial charge in [-0.05, 0) is 37.9 Å². The lowest BCUT2D eigenvalue weighted by Gasteiger charge is -2.17. The predicted octanol–water partition coefficient (Wildman–Crippen LogP) is 1.64. The molecule has 0 saturated carbocycles. The molecule has 0 radical (unpaired) electrons. The van der Waals surface area contributed by atoms with E-state index in [4.69, 9.17) is 0 Å². The molecule has 0 aliphatic carbocycles. The molecule has 3 nitrogen and oxygen atoms in total. The van der Waals surface area contributed by atoms with Crippen LogP contribution in [0.25, 0.3) is 0 Å². The van der Waals surface area contributed by atoms with Gasteiger partial charge >= 0.3 is 0 Å². The summed E-state index contributed by atoms with van der Waals surface area (Å²) < 4.78 is 0. The van der Waals surface area contributed by atoms with Crippen molar-refractivity contribution in [3.8, 4) is 0 Å². The van der Waals surface area contributed by atoms with E-state index >= 15 is 0 Å². The first-order valence-corrected chi connectivity index (χ1v) is 6.17. The van der Waals surface area contributed by atoms with Gasteiger partial charge in [-0.25, -0.2) is 0 Å². The third-order valence-corrected chi connectivity index (χ3v) is 3.47. The van der Waals surface area contributed by atoms with Crippen molar-refractivity contribution in [3.05, 3.63) is 34.9 Å². The normalized spacial score (nSPS) is 23.7. The summed E-state index contributed by atoms with van der Waals surface area (Å²) in [6, 6.07) is 6.24. The number of hydrogen-bond donors (Lipinski definition) is 2. The molecule has 2 atom stereocenters. The first-order valence-electron chi connectivity index (χ1n) is 6.17. The minimum Gasteiger partial charge on any atom is -0.348 e. The zero-order valence-electron chi connectivity index (χ0n) is 10.7. The Hall–Kier alpha value is -1.35. The highest BCUT2D eigenvalue weighted by molar-refractivity contribution is 5.96. The highest BCUT2D eigenvalue weighted by atomic mass is 16.1. The SMILES string of the molecule is Cc1ccc(C)c(C(=O)NC2CNCC2C)c1. The summed E-state index contributed by atoms with van der Waals surface area (Å²) in [7, 11) is 0. The maximum Gasteiger partial charge on any atom is 0.251 e. The monoisotopic (exact) mass is 232 g/mol. The van der Waals surface area contributed by atoms with Gasteiger partial charge in [0.2, 0.25) is 0 Å². The van der Waals surface area contributed by atoms with Crippen molar-refractivity contribution in [1.82, 2.24) is 10.6 Å². The molecule has 2 unspecified atom stereocenters. The fourth-order valence-electron chi connectivity index (χ4n) is 2.23. The molecule has 0 spiro atoms. The van der Waals surface area contributed by atoms with Crippen LogP contribution in [0.15, 0.2) is 18.2 Å². The summed E-state index contributed by atoms with van der Waals surface area (Å²) >= 11 is 0. The van der Waals surface area contributed by atoms with Crippen LogP contribution in [0.1, 0.15) is 28.4 Å². The second-order valence-electron chi connectivity index (χ2n) is 5.03. The maximum atomic E-state index is 12.2. The number of nitrogens with one attached hydrogen (secondary N) is 2. The molecular formula is C14H20N2O. The Bertz CT molecular complexity index is 428. The van der Waals surface area contributed by atoms with Crippen LogP contribution in [-0.4, -0.2) is 25.0 Å². The molecule has 92 valence electrons. The van der Waals surface area contributed by atoms with E-state index in [0.717, 1.165) is 29.8 Å². The summed E-state index contributed by atoms with van der Waals surface area (Å²) in [6.45, 7) is 8.00. The third-order valence-electron chi connectivity index (χ3n) is 3.47. The quantitative estimate of drug-likeness (QED) is 0.814. The van der Waals surface area contributed by atoms with Crippen molar-refractivity contribution in [2.24, 2.45) is 5.92 Å². The number of rotatable bonds is 2. The van der Waals surface area contributed by atoms with E-state index in [-0.39, 0.29) is 11.9 Å². The fraction of sp³-hybridized carbons (Fsp3) is 0.500. The van der Waals surface area contributed by atoms with E-state index in [2.05, 4.69) is 17.6 Å². The van der Waals surface area contributed by atoms with Gasteiger partial charge in [0, 0.05) is 18.2 Å². The van der Waals surface area contributed by atoms with E-state index in [1.54, 1.807) is 0 Å². The Morgan fingerprint density at radius 1 is 1.35 bits per heavy atom. The third kappa shape index (κ3) is 2.67. The second kappa shape index (κ2) is 4.88. The number of aryl methyl sites for hydroxylation is 2. The van der Waals surface area contributed by atoms with Gasteiger partial charge in [0.05, 0.1) is 0 Å². The zero-order chi connectivity index (χ0) is 12.4. The topological polar surface area (TPSA) is 41.1 Å². The Balaban J connectivity index is 2.11. The number of benzene rings is 1. The minimum absolute atomic E-state index is 0.0479. The van der Waals surface area contributed by atoms with Crippen LogP contribution < -0.4 is 10.6 Å². The molecule has 0 aromatic heterocycles. The molecule has 1 fully saturated rings. The van der Waals surface area contributed by atoms with Crippen molar-refractivity contribution >= 4 is 5.91 Å². The number of carbonyl (C=O) groups is 1. The number of amides is 1. The van der Waals surface area contributed by atoms with Crippen molar-refractivity contribution in [3.63, 3.8) is 0 Å². The average molecular weight is 232 g/mol. The van der Waals surface area contributed by atoms with E-state index < -0.39 is 0 Å². The highest BCUT2D eigenvalue weighted by Crippen LogP contribution is 2.13. The molecule has 1 heterocycles. The van der Waals surface area contributed by atoms with Gasteiger partial charge < -0.3 is 10.6 Å². The van der Waals surface area contributed by atoms with Gasteiger partial charge in [0.25, 0.3) is 5.91 Å². The van der Waals surface area contributed by atoms with E-state index in [0.29, 0.717) is 5.92 Å². The van der Waals surface area contributed by atoms with Crippen LogP contribution in [0.5, 0.6) is 0 Å². The average Bonchev–Trinajstić information content (AvgIpc) is 2.68. The van der Waals surface area contributed by atoms with Crippen molar-refractivity contribution < 1.29 is 4.79 Å². The van der Waals surface area contributed by atoms with Gasteiger partial charge in [-0.1, -0.05) is 24.6 Å². The summed E-state index contributed by atoms with van der Waals surface area (Å²) in [5.41, 5.74) is 2.95. The van der Waals surface area contributed by atoms with Crippen LogP contribution >= 0.6 is 0 Å². The summed E-state index contributed by atoms with van der Waals surface area (Å²) in [4.78, 5) is 12.2. The van der Waals surface area contributed by atoms with Crippen molar-refractivity contribution in [2.45, 2.75) is 26.8 Å². The van der Waals surface area contributed by atoms with Gasteiger partial charge in [-0.3, -0.25) is 4.79 Å². The molecule has 1 amide bonds. The van der Waals surface area contributed by atoms with E-state index in [9.17, 15) is 4.79 Å². The standard InChI is InChI=1S/C14H20N2O/c1-9-4-5-10(2)12(6-9)14(17)16-13-8-15-7-11(13)3/h4-6,11,13,15H,7-8H2,1-3H3,(H,16,17). The Morgan fingerprint density at radius 2 is 2.12 bits per heavy atom. The molecule has 1 aliphatic rings. The predicted molar refractivity (Wildman–Crippen MR) is 69.2 cm³/mol. The summed E-state index contributed by atoms with van der Waals surface area (Å²) in [5, 5.41) is 6.40. The molecule has 1 aromatic carbocycles. The lowest BCUT2D eigenvalue weighted by molar-refractivity contribution is 0.0932. The summed E-state index contributed by atoms with van der Waals surface area (Å²) in [5.74, 6) is 0.552. The smallest absolute Gasteiger partial charge is 0.251 e. The molecule has 1 aromatic rings. The molecule has 3 heteroatoms. The molecular weight excluding hydrogens is 212 g/mol. The molecule has 1 aliphatic heterocycles. The van der Waals surface area contributed by atoms with E-state index in [1.165, 1.54) is 0 Å². The largest absolute Gasteiger partial charge is 0.348 e. The number of hydrogen-bond acceptors (Lipinski definition) is 2. The lowest BCUT2D eigenvalue weighted by Crippen LogP contribution is -2.39. The lowest BCUT2D eigenvalue weighted by atomic mass is 10.0. The minimum atomic E-state index is 0.0479. The van der Waals surface area contributed by atoms with Crippen LogP contribution in [0.2, 0.25) is 0 Å². The number of carbonyl (C=O) groups excluding carboxylic acids is 1. The first-order chi connectivity index (χ1) is 8.08.